The van der Waals surface area contributed by atoms with E-state index in [1.807, 2.05) is 42.5 Å². The van der Waals surface area contributed by atoms with Gasteiger partial charge >= 0.3 is 0 Å². The first-order chi connectivity index (χ1) is 19.0. The number of hydrogen-bond donors (Lipinski definition) is 2. The molecule has 3 aromatic carbocycles. The molecule has 0 radical (unpaired) electrons. The van der Waals surface area contributed by atoms with Crippen molar-refractivity contribution < 1.29 is 9.53 Å². The van der Waals surface area contributed by atoms with Crippen molar-refractivity contribution in [3.8, 4) is 11.3 Å². The van der Waals surface area contributed by atoms with E-state index in [9.17, 15) is 4.79 Å². The third kappa shape index (κ3) is 5.28. The Morgan fingerprint density at radius 3 is 2.44 bits per heavy atom. The number of hydrogen-bond acceptors (Lipinski definition) is 4. The number of H-pyrrole nitrogens is 1. The normalized spacial score (nSPS) is 17.4. The molecule has 2 saturated heterocycles. The van der Waals surface area contributed by atoms with Crippen LogP contribution in [-0.4, -0.2) is 42.4 Å². The highest BCUT2D eigenvalue weighted by Gasteiger charge is 2.31. The third-order valence-electron chi connectivity index (χ3n) is 8.39. The van der Waals surface area contributed by atoms with Crippen molar-refractivity contribution in [1.82, 2.24) is 15.5 Å². The molecule has 39 heavy (non-hydrogen) atoms. The number of nitrogens with zero attached hydrogens (tertiary/aromatic N) is 2. The molecule has 7 heteroatoms. The number of carbonyl (C=O) groups excluding carboxylic acids is 1. The molecule has 2 aliphatic heterocycles. The van der Waals surface area contributed by atoms with E-state index in [1.54, 1.807) is 0 Å². The first kappa shape index (κ1) is 25.9. The average molecular weight is 543 g/mol. The van der Waals surface area contributed by atoms with Crippen molar-refractivity contribution in [1.29, 1.82) is 0 Å². The summed E-state index contributed by atoms with van der Waals surface area (Å²) in [6.07, 6.45) is 2.47. The maximum Gasteiger partial charge on any atom is 0.251 e. The van der Waals surface area contributed by atoms with Crippen molar-refractivity contribution in [3.05, 3.63) is 82.9 Å². The Balaban J connectivity index is 1.19. The molecule has 0 saturated carbocycles. The summed E-state index contributed by atoms with van der Waals surface area (Å²) in [6, 6.07) is 21.8. The van der Waals surface area contributed by atoms with E-state index in [-0.39, 0.29) is 17.9 Å². The Morgan fingerprint density at radius 2 is 1.77 bits per heavy atom. The zero-order chi connectivity index (χ0) is 26.9. The van der Waals surface area contributed by atoms with Crippen LogP contribution in [0, 0.1) is 17.8 Å². The van der Waals surface area contributed by atoms with Gasteiger partial charge in [-0.15, -0.1) is 0 Å². The summed E-state index contributed by atoms with van der Waals surface area (Å²) >= 11 is 6.46. The first-order valence-electron chi connectivity index (χ1n) is 13.9. The summed E-state index contributed by atoms with van der Waals surface area (Å²) in [5.74, 6) is 1.62. The summed E-state index contributed by atoms with van der Waals surface area (Å²) in [5.41, 5.74) is 5.55. The molecular weight excluding hydrogens is 508 g/mol. The minimum atomic E-state index is -0.189. The molecular formula is C32H35ClN4O2. The minimum Gasteiger partial charge on any atom is -0.381 e. The van der Waals surface area contributed by atoms with Crippen LogP contribution in [0.1, 0.15) is 48.7 Å². The maximum absolute atomic E-state index is 13.4. The number of anilines is 1. The van der Waals surface area contributed by atoms with Gasteiger partial charge in [0, 0.05) is 46.2 Å². The van der Waals surface area contributed by atoms with E-state index in [4.69, 9.17) is 16.3 Å². The molecule has 2 fully saturated rings. The van der Waals surface area contributed by atoms with Crippen molar-refractivity contribution in [2.24, 2.45) is 17.8 Å². The third-order valence-corrected chi connectivity index (χ3v) is 8.74. The summed E-state index contributed by atoms with van der Waals surface area (Å²) in [7, 11) is 0. The lowest BCUT2D eigenvalue weighted by molar-refractivity contribution is -0.0650. The number of halogens is 1. The number of aromatic amines is 1. The second-order valence-corrected chi connectivity index (χ2v) is 11.6. The largest absolute Gasteiger partial charge is 0.381 e. The van der Waals surface area contributed by atoms with E-state index in [1.165, 1.54) is 18.5 Å². The Labute approximate surface area is 234 Å². The summed E-state index contributed by atoms with van der Waals surface area (Å²) in [6.45, 7) is 8.24. The number of carbonyl (C=O) groups is 1. The van der Waals surface area contributed by atoms with Gasteiger partial charge in [-0.2, -0.15) is 5.10 Å². The van der Waals surface area contributed by atoms with E-state index < -0.39 is 0 Å². The molecule has 1 aromatic heterocycles. The predicted molar refractivity (Wildman–Crippen MR) is 157 cm³/mol. The van der Waals surface area contributed by atoms with Crippen LogP contribution in [0.4, 0.5) is 5.69 Å². The number of nitrogens with one attached hydrogen (secondary N) is 2. The summed E-state index contributed by atoms with van der Waals surface area (Å²) < 4.78 is 5.40. The molecule has 4 aromatic rings. The average Bonchev–Trinajstić information content (AvgIpc) is 3.35. The van der Waals surface area contributed by atoms with Gasteiger partial charge in [0.2, 0.25) is 0 Å². The van der Waals surface area contributed by atoms with Crippen molar-refractivity contribution >= 4 is 34.1 Å². The van der Waals surface area contributed by atoms with Crippen molar-refractivity contribution in [2.75, 3.05) is 31.2 Å². The quantitative estimate of drug-likeness (QED) is 0.267. The SMILES string of the molecule is CC(C)C(NC(=O)c1ccc2[nH]nc(-c3ccc(N4CCC(C5COC5)CC4)cc3)c2c1)c1ccccc1Cl. The lowest BCUT2D eigenvalue weighted by Gasteiger charge is -2.40. The molecule has 6 nitrogen and oxygen atoms in total. The highest BCUT2D eigenvalue weighted by molar-refractivity contribution is 6.31. The van der Waals surface area contributed by atoms with Crippen LogP contribution in [0.25, 0.3) is 22.2 Å². The standard InChI is InChI=1S/C32H35ClN4O2/c1-20(2)30(26-5-3-4-6-28(26)33)34-32(38)23-9-12-29-27(17-23)31(36-35-29)22-7-10-25(11-8-22)37-15-13-21(14-16-37)24-18-39-19-24/h3-12,17,20-21,24,30H,13-16,18-19H2,1-2H3,(H,34,38)(H,35,36). The second-order valence-electron chi connectivity index (χ2n) is 11.2. The molecule has 3 heterocycles. The van der Waals surface area contributed by atoms with Crippen molar-refractivity contribution in [2.45, 2.75) is 32.7 Å². The lowest BCUT2D eigenvalue weighted by atomic mass is 9.83. The zero-order valence-corrected chi connectivity index (χ0v) is 23.2. The molecule has 1 unspecified atom stereocenters. The van der Waals surface area contributed by atoms with Gasteiger partial charge in [-0.05, 0) is 66.6 Å². The van der Waals surface area contributed by atoms with E-state index >= 15 is 0 Å². The van der Waals surface area contributed by atoms with Gasteiger partial charge in [0.1, 0.15) is 0 Å². The minimum absolute atomic E-state index is 0.130. The summed E-state index contributed by atoms with van der Waals surface area (Å²) in [5, 5.41) is 12.5. The first-order valence-corrected chi connectivity index (χ1v) is 14.3. The number of rotatable bonds is 7. The Kier molecular flexibility index (Phi) is 7.32. The molecule has 6 rings (SSSR count). The second kappa shape index (κ2) is 11.0. The lowest BCUT2D eigenvalue weighted by Crippen LogP contribution is -2.42. The topological polar surface area (TPSA) is 70.2 Å². The van der Waals surface area contributed by atoms with Crippen LogP contribution in [-0.2, 0) is 4.74 Å². The predicted octanol–water partition coefficient (Wildman–Crippen LogP) is 6.87. The highest BCUT2D eigenvalue weighted by Crippen LogP contribution is 2.34. The van der Waals surface area contributed by atoms with Crippen LogP contribution in [0.15, 0.2) is 66.7 Å². The van der Waals surface area contributed by atoms with E-state index in [2.05, 4.69) is 58.5 Å². The number of piperidine rings is 1. The zero-order valence-electron chi connectivity index (χ0n) is 22.5. The number of benzene rings is 3. The molecule has 0 bridgehead atoms. The number of ether oxygens (including phenoxy) is 1. The molecule has 1 amide bonds. The van der Waals surface area contributed by atoms with Crippen LogP contribution in [0.5, 0.6) is 0 Å². The fraction of sp³-hybridized carbons (Fsp3) is 0.375. The monoisotopic (exact) mass is 542 g/mol. The number of amides is 1. The fourth-order valence-electron chi connectivity index (χ4n) is 5.92. The maximum atomic E-state index is 13.4. The van der Waals surface area contributed by atoms with Gasteiger partial charge in [0.15, 0.2) is 0 Å². The molecule has 2 aliphatic rings. The Morgan fingerprint density at radius 1 is 1.03 bits per heavy atom. The molecule has 1 atom stereocenters. The molecule has 0 aliphatic carbocycles. The fourth-order valence-corrected chi connectivity index (χ4v) is 6.17. The van der Waals surface area contributed by atoms with Crippen LogP contribution in [0.3, 0.4) is 0 Å². The number of fused-ring (bicyclic) bond motifs is 1. The van der Waals surface area contributed by atoms with Gasteiger partial charge in [0.05, 0.1) is 30.5 Å². The highest BCUT2D eigenvalue weighted by atomic mass is 35.5. The van der Waals surface area contributed by atoms with Crippen molar-refractivity contribution in [3.63, 3.8) is 0 Å². The molecule has 2 N–H and O–H groups in total. The van der Waals surface area contributed by atoms with Gasteiger partial charge in [0.25, 0.3) is 5.91 Å². The van der Waals surface area contributed by atoms with Crippen LogP contribution >= 0.6 is 11.6 Å². The Hall–Kier alpha value is -3.35. The van der Waals surface area contributed by atoms with E-state index in [0.29, 0.717) is 10.6 Å². The number of aromatic nitrogens is 2. The molecule has 0 spiro atoms. The van der Waals surface area contributed by atoms with Gasteiger partial charge in [-0.25, -0.2) is 0 Å². The van der Waals surface area contributed by atoms with Gasteiger partial charge in [-0.1, -0.05) is 55.8 Å². The van der Waals surface area contributed by atoms with E-state index in [0.717, 1.165) is 65.9 Å². The molecule has 202 valence electrons. The van der Waals surface area contributed by atoms with Gasteiger partial charge < -0.3 is 15.0 Å². The Bertz CT molecular complexity index is 1450. The van der Waals surface area contributed by atoms with Gasteiger partial charge in [-0.3, -0.25) is 9.89 Å². The smallest absolute Gasteiger partial charge is 0.251 e. The van der Waals surface area contributed by atoms with Crippen LogP contribution < -0.4 is 10.2 Å². The van der Waals surface area contributed by atoms with Crippen LogP contribution in [0.2, 0.25) is 5.02 Å². The summed E-state index contributed by atoms with van der Waals surface area (Å²) in [4.78, 5) is 15.8.